The van der Waals surface area contributed by atoms with Crippen LogP contribution in [0, 0.1) is 0 Å². The van der Waals surface area contributed by atoms with Gasteiger partial charge in [0.15, 0.2) is 6.61 Å². The van der Waals surface area contributed by atoms with Gasteiger partial charge in [-0.1, -0.05) is 41.9 Å². The minimum atomic E-state index is 0.00851. The van der Waals surface area contributed by atoms with Gasteiger partial charge < -0.3 is 14.5 Å². The lowest BCUT2D eigenvalue weighted by atomic mass is 10.1. The smallest absolute Gasteiger partial charge is 0.260 e. The van der Waals surface area contributed by atoms with Gasteiger partial charge in [-0.25, -0.2) is 4.98 Å². The molecule has 29 heavy (non-hydrogen) atoms. The molecule has 1 aliphatic heterocycles. The third-order valence-corrected chi connectivity index (χ3v) is 5.81. The van der Waals surface area contributed by atoms with Gasteiger partial charge in [0.2, 0.25) is 5.13 Å². The van der Waals surface area contributed by atoms with E-state index in [1.807, 2.05) is 59.5 Å². The van der Waals surface area contributed by atoms with Crippen molar-refractivity contribution in [3.63, 3.8) is 0 Å². The summed E-state index contributed by atoms with van der Waals surface area (Å²) in [6, 6.07) is 17.1. The van der Waals surface area contributed by atoms with Crippen LogP contribution in [-0.4, -0.2) is 53.0 Å². The van der Waals surface area contributed by atoms with Crippen LogP contribution in [0.25, 0.3) is 0 Å². The molecule has 8 heteroatoms. The van der Waals surface area contributed by atoms with Gasteiger partial charge in [-0.05, 0) is 29.8 Å². The Kier molecular flexibility index (Phi) is 6.27. The van der Waals surface area contributed by atoms with E-state index in [1.54, 1.807) is 0 Å². The van der Waals surface area contributed by atoms with Crippen molar-refractivity contribution >= 4 is 34.2 Å². The maximum Gasteiger partial charge on any atom is 0.260 e. The third-order valence-electron chi connectivity index (χ3n) is 4.74. The molecular weight excluding hydrogens is 408 g/mol. The summed E-state index contributed by atoms with van der Waals surface area (Å²) in [5.74, 6) is 1.53. The number of aromatic nitrogens is 2. The Hall–Kier alpha value is -2.64. The van der Waals surface area contributed by atoms with Crippen molar-refractivity contribution in [3.05, 3.63) is 71.0 Å². The Balaban J connectivity index is 1.26. The fourth-order valence-electron chi connectivity index (χ4n) is 3.13. The summed E-state index contributed by atoms with van der Waals surface area (Å²) in [4.78, 5) is 21.1. The summed E-state index contributed by atoms with van der Waals surface area (Å²) in [5.41, 5.74) is 1.13. The number of hydrogen-bond donors (Lipinski definition) is 0. The fourth-order valence-corrected chi connectivity index (χ4v) is 3.99. The number of rotatable bonds is 6. The van der Waals surface area contributed by atoms with Crippen LogP contribution in [0.15, 0.2) is 54.6 Å². The zero-order valence-electron chi connectivity index (χ0n) is 15.8. The molecule has 2 aromatic carbocycles. The molecule has 4 rings (SSSR count). The summed E-state index contributed by atoms with van der Waals surface area (Å²) in [5, 5.41) is 1.63. The van der Waals surface area contributed by atoms with Gasteiger partial charge in [0.25, 0.3) is 5.91 Å². The average Bonchev–Trinajstić information content (AvgIpc) is 3.23. The maximum atomic E-state index is 12.4. The molecule has 1 saturated heterocycles. The summed E-state index contributed by atoms with van der Waals surface area (Å²) < 4.78 is 10.0. The second-order valence-corrected chi connectivity index (χ2v) is 7.93. The van der Waals surface area contributed by atoms with Crippen LogP contribution in [0.4, 0.5) is 5.13 Å². The molecule has 1 aliphatic rings. The molecule has 1 fully saturated rings. The molecule has 0 radical (unpaired) electrons. The number of halogens is 1. The average molecular weight is 429 g/mol. The lowest BCUT2D eigenvalue weighted by Crippen LogP contribution is -2.50. The Morgan fingerprint density at radius 2 is 1.76 bits per heavy atom. The molecule has 6 nitrogen and oxygen atoms in total. The van der Waals surface area contributed by atoms with Crippen LogP contribution in [0.1, 0.15) is 11.4 Å². The molecule has 1 aromatic heterocycles. The highest BCUT2D eigenvalue weighted by molar-refractivity contribution is 7.09. The first kappa shape index (κ1) is 19.7. The Bertz CT molecular complexity index is 941. The predicted octanol–water partition coefficient (Wildman–Crippen LogP) is 3.51. The van der Waals surface area contributed by atoms with E-state index in [2.05, 4.69) is 14.3 Å². The SMILES string of the molecule is O=C(COc1ccccc1)N1CCN(c2nc(Cc3ccc(Cl)cc3)ns2)CC1. The molecule has 150 valence electrons. The minimum Gasteiger partial charge on any atom is -0.484 e. The van der Waals surface area contributed by atoms with Crippen molar-refractivity contribution < 1.29 is 9.53 Å². The first-order valence-electron chi connectivity index (χ1n) is 9.45. The van der Waals surface area contributed by atoms with Crippen molar-refractivity contribution in [2.45, 2.75) is 6.42 Å². The highest BCUT2D eigenvalue weighted by atomic mass is 35.5. The monoisotopic (exact) mass is 428 g/mol. The molecule has 3 aromatic rings. The summed E-state index contributed by atoms with van der Waals surface area (Å²) in [6.07, 6.45) is 0.683. The molecule has 0 bridgehead atoms. The topological polar surface area (TPSA) is 58.6 Å². The van der Waals surface area contributed by atoms with Gasteiger partial charge in [-0.3, -0.25) is 4.79 Å². The van der Waals surface area contributed by atoms with E-state index in [4.69, 9.17) is 16.3 Å². The molecule has 2 heterocycles. The summed E-state index contributed by atoms with van der Waals surface area (Å²) >= 11 is 7.34. The minimum absolute atomic E-state index is 0.00851. The van der Waals surface area contributed by atoms with Crippen LogP contribution >= 0.6 is 23.1 Å². The number of carbonyl (C=O) groups excluding carboxylic acids is 1. The van der Waals surface area contributed by atoms with Crippen LogP contribution in [0.5, 0.6) is 5.75 Å². The second-order valence-electron chi connectivity index (χ2n) is 6.77. The highest BCUT2D eigenvalue weighted by Gasteiger charge is 2.23. The quantitative estimate of drug-likeness (QED) is 0.601. The van der Waals surface area contributed by atoms with E-state index in [9.17, 15) is 4.79 Å². The molecule has 0 atom stereocenters. The fraction of sp³-hybridized carbons (Fsp3) is 0.286. The molecule has 0 N–H and O–H groups in total. The Morgan fingerprint density at radius 1 is 1.03 bits per heavy atom. The van der Waals surface area contributed by atoms with Crippen molar-refractivity contribution in [2.75, 3.05) is 37.7 Å². The number of nitrogens with zero attached hydrogens (tertiary/aromatic N) is 4. The number of ether oxygens (including phenoxy) is 1. The van der Waals surface area contributed by atoms with E-state index < -0.39 is 0 Å². The second kappa shape index (κ2) is 9.24. The number of para-hydroxylation sites is 1. The van der Waals surface area contributed by atoms with E-state index >= 15 is 0 Å². The Labute approximate surface area is 178 Å². The van der Waals surface area contributed by atoms with Crippen molar-refractivity contribution in [3.8, 4) is 5.75 Å². The number of amides is 1. The van der Waals surface area contributed by atoms with Crippen LogP contribution in [-0.2, 0) is 11.2 Å². The standard InChI is InChI=1S/C21H21ClN4O2S/c22-17-8-6-16(7-9-17)14-19-23-21(29-24-19)26-12-10-25(11-13-26)20(27)15-28-18-4-2-1-3-5-18/h1-9H,10-15H2. The van der Waals surface area contributed by atoms with Crippen LogP contribution in [0.2, 0.25) is 5.02 Å². The van der Waals surface area contributed by atoms with E-state index in [-0.39, 0.29) is 12.5 Å². The predicted molar refractivity (Wildman–Crippen MR) is 115 cm³/mol. The number of hydrogen-bond acceptors (Lipinski definition) is 6. The largest absolute Gasteiger partial charge is 0.484 e. The van der Waals surface area contributed by atoms with Gasteiger partial charge in [0.1, 0.15) is 11.6 Å². The van der Waals surface area contributed by atoms with Crippen molar-refractivity contribution in [2.24, 2.45) is 0 Å². The van der Waals surface area contributed by atoms with Crippen LogP contribution in [0.3, 0.4) is 0 Å². The van der Waals surface area contributed by atoms with E-state index in [0.717, 1.165) is 34.6 Å². The van der Waals surface area contributed by atoms with Gasteiger partial charge >= 0.3 is 0 Å². The lowest BCUT2D eigenvalue weighted by molar-refractivity contribution is -0.133. The molecule has 0 unspecified atom stereocenters. The van der Waals surface area contributed by atoms with Gasteiger partial charge in [-0.15, -0.1) is 0 Å². The van der Waals surface area contributed by atoms with Gasteiger partial charge in [-0.2, -0.15) is 4.37 Å². The third kappa shape index (κ3) is 5.25. The molecular formula is C21H21ClN4O2S. The number of benzene rings is 2. The number of anilines is 1. The molecule has 0 saturated carbocycles. The summed E-state index contributed by atoms with van der Waals surface area (Å²) in [7, 11) is 0. The number of piperazine rings is 1. The zero-order chi connectivity index (χ0) is 20.1. The highest BCUT2D eigenvalue weighted by Crippen LogP contribution is 2.21. The normalized spacial score (nSPS) is 14.1. The zero-order valence-corrected chi connectivity index (χ0v) is 17.4. The first-order chi connectivity index (χ1) is 14.2. The van der Waals surface area contributed by atoms with Gasteiger partial charge in [0, 0.05) is 49.2 Å². The molecule has 1 amide bonds. The van der Waals surface area contributed by atoms with E-state index in [1.165, 1.54) is 11.5 Å². The summed E-state index contributed by atoms with van der Waals surface area (Å²) in [6.45, 7) is 2.86. The van der Waals surface area contributed by atoms with Crippen molar-refractivity contribution in [1.82, 2.24) is 14.3 Å². The van der Waals surface area contributed by atoms with Crippen LogP contribution < -0.4 is 9.64 Å². The molecule has 0 aliphatic carbocycles. The van der Waals surface area contributed by atoms with E-state index in [0.29, 0.717) is 25.3 Å². The number of carbonyl (C=O) groups is 1. The van der Waals surface area contributed by atoms with Gasteiger partial charge in [0.05, 0.1) is 0 Å². The first-order valence-corrected chi connectivity index (χ1v) is 10.6. The van der Waals surface area contributed by atoms with Crippen molar-refractivity contribution in [1.29, 1.82) is 0 Å². The Morgan fingerprint density at radius 3 is 2.48 bits per heavy atom. The molecule has 0 spiro atoms. The maximum absolute atomic E-state index is 12.4. The lowest BCUT2D eigenvalue weighted by Gasteiger charge is -2.34.